The predicted molar refractivity (Wildman–Crippen MR) is 550 cm³/mol. The van der Waals surface area contributed by atoms with E-state index >= 15 is 0 Å². The van der Waals surface area contributed by atoms with Crippen molar-refractivity contribution < 1.29 is 4.42 Å². The molecule has 0 aliphatic rings. The number of furan rings is 1. The number of anilines is 6. The number of aryl methyl sites for hydroxylation is 12. The van der Waals surface area contributed by atoms with Crippen LogP contribution in [0.5, 0.6) is 0 Å². The number of para-hydroxylation sites is 5. The molecule has 4 nitrogen and oxygen atoms in total. The normalized spacial score (nSPS) is 11.8. The molecule has 127 heavy (non-hydrogen) atoms. The number of benzene rings is 21. The summed E-state index contributed by atoms with van der Waals surface area (Å²) < 4.78 is 6.76. The molecule has 0 amide bonds. The third kappa shape index (κ3) is 13.1. The van der Waals surface area contributed by atoms with E-state index in [1.165, 1.54) is 208 Å². The first-order valence-electron chi connectivity index (χ1n) is 44.7. The van der Waals surface area contributed by atoms with Gasteiger partial charge in [-0.25, -0.2) is 0 Å². The lowest BCUT2D eigenvalue weighted by Crippen LogP contribution is -2.56. The molecule has 21 aromatic carbocycles. The molecule has 0 fully saturated rings. The van der Waals surface area contributed by atoms with Gasteiger partial charge in [0.15, 0.2) is 5.58 Å². The monoisotopic (exact) mass is 1630 g/mol. The van der Waals surface area contributed by atoms with Crippen LogP contribution < -0.4 is 42.6 Å². The van der Waals surface area contributed by atoms with E-state index in [1.807, 2.05) is 12.3 Å². The molecule has 0 aliphatic heterocycles. The number of aromatic nitrogens is 1. The second-order valence-electron chi connectivity index (χ2n) is 35.8. The fourth-order valence-corrected chi connectivity index (χ4v) is 22.6. The predicted octanol–water partition coefficient (Wildman–Crippen LogP) is 28.9. The van der Waals surface area contributed by atoms with Gasteiger partial charge in [-0.2, -0.15) is 0 Å². The highest BCUT2D eigenvalue weighted by atomic mass is 16.3. The SMILES string of the molecule is Cc1cc(C)c(B(c2c(C)cc(C)cc2C)c2ccc3c4ccccc4c4c(-c5ccc(N(c6ccccc6)c6ccccc6)cn5)ccc5ccc2c3c54)c(C)c1.Cc1cc(C)c(B(c2ccc3cc(-c4ccc5c6ccccc6c6c(N(c7ccccc7)c7cccc8c7oc7ccccc78)ccc7ccc4c5c76)ccc3c2)c2c(C)cc(C)cc2C)c(C)c1. The summed E-state index contributed by atoms with van der Waals surface area (Å²) in [4.78, 5) is 9.93. The summed E-state index contributed by atoms with van der Waals surface area (Å²) in [6.45, 7) is 27.4. The molecule has 606 valence electrons. The van der Waals surface area contributed by atoms with Gasteiger partial charge in [-0.3, -0.25) is 4.98 Å². The van der Waals surface area contributed by atoms with Gasteiger partial charge in [0.2, 0.25) is 13.4 Å². The topological polar surface area (TPSA) is 32.5 Å². The fraction of sp³-hybridized carbons (Fsp3) is 0.0992. The Labute approximate surface area is 743 Å². The molecule has 0 aliphatic carbocycles. The van der Waals surface area contributed by atoms with Gasteiger partial charge in [-0.15, -0.1) is 0 Å². The highest BCUT2D eigenvalue weighted by Gasteiger charge is 2.34. The van der Waals surface area contributed by atoms with Crippen molar-refractivity contribution in [2.75, 3.05) is 9.80 Å². The zero-order valence-corrected chi connectivity index (χ0v) is 74.0. The molecule has 0 saturated carbocycles. The maximum Gasteiger partial charge on any atom is 0.243 e. The second-order valence-corrected chi connectivity index (χ2v) is 35.8. The van der Waals surface area contributed by atoms with Crippen molar-refractivity contribution >= 4 is 199 Å². The quantitative estimate of drug-likeness (QED) is 0.0617. The van der Waals surface area contributed by atoms with Crippen LogP contribution in [0.2, 0.25) is 0 Å². The van der Waals surface area contributed by atoms with E-state index in [2.05, 4.69) is 439 Å². The number of nitrogens with zero attached hydrogens (tertiary/aromatic N) is 3. The van der Waals surface area contributed by atoms with E-state index in [0.29, 0.717) is 0 Å². The van der Waals surface area contributed by atoms with Crippen LogP contribution in [0.4, 0.5) is 34.1 Å². The summed E-state index contributed by atoms with van der Waals surface area (Å²) in [5, 5.41) is 25.0. The molecule has 0 atom stereocenters. The highest BCUT2D eigenvalue weighted by Crippen LogP contribution is 2.52. The van der Waals surface area contributed by atoms with Crippen LogP contribution in [0.15, 0.2) is 362 Å². The molecule has 0 N–H and O–H groups in total. The molecule has 0 saturated heterocycles. The summed E-state index contributed by atoms with van der Waals surface area (Å²) >= 11 is 0. The largest absolute Gasteiger partial charge is 0.454 e. The average molecular weight is 1630 g/mol. The van der Waals surface area contributed by atoms with Crippen LogP contribution in [0, 0.1) is 83.1 Å². The number of hydrogen-bond acceptors (Lipinski definition) is 4. The summed E-state index contributed by atoms with van der Waals surface area (Å²) in [6.07, 6.45) is 2.02. The minimum absolute atomic E-state index is 0.0721. The Bertz CT molecular complexity index is 8110. The lowest BCUT2D eigenvalue weighted by molar-refractivity contribution is 0.669. The van der Waals surface area contributed by atoms with Crippen LogP contribution in [0.3, 0.4) is 0 Å². The summed E-state index contributed by atoms with van der Waals surface area (Å²) in [6, 6.07) is 130. The van der Waals surface area contributed by atoms with Crippen molar-refractivity contribution in [3.8, 4) is 22.4 Å². The molecular formula is C121H95B2N3O. The number of hydrogen-bond donors (Lipinski definition) is 0. The van der Waals surface area contributed by atoms with Gasteiger partial charge in [0.05, 0.1) is 29.0 Å². The first-order chi connectivity index (χ1) is 62.0. The van der Waals surface area contributed by atoms with Crippen molar-refractivity contribution in [3.05, 3.63) is 425 Å². The van der Waals surface area contributed by atoms with Crippen molar-refractivity contribution in [2.45, 2.75) is 83.1 Å². The van der Waals surface area contributed by atoms with E-state index in [4.69, 9.17) is 9.40 Å². The van der Waals surface area contributed by atoms with Gasteiger partial charge in [0.25, 0.3) is 0 Å². The van der Waals surface area contributed by atoms with Crippen molar-refractivity contribution in [3.63, 3.8) is 0 Å². The van der Waals surface area contributed by atoms with Crippen LogP contribution in [-0.2, 0) is 0 Å². The molecule has 2 heterocycles. The summed E-state index contributed by atoms with van der Waals surface area (Å²) in [5.41, 5.74) is 37.0. The van der Waals surface area contributed by atoms with Crippen LogP contribution in [0.25, 0.3) is 141 Å². The Morgan fingerprint density at radius 3 is 1.22 bits per heavy atom. The Hall–Kier alpha value is -14.8. The van der Waals surface area contributed by atoms with Gasteiger partial charge in [-0.05, 0) is 248 Å². The second kappa shape index (κ2) is 31.1. The van der Waals surface area contributed by atoms with Gasteiger partial charge < -0.3 is 14.2 Å². The molecular weight excluding hydrogens is 1530 g/mol. The highest BCUT2D eigenvalue weighted by molar-refractivity contribution is 6.98. The number of rotatable bonds is 14. The summed E-state index contributed by atoms with van der Waals surface area (Å²) in [7, 11) is 0. The fourth-order valence-electron chi connectivity index (χ4n) is 22.6. The Morgan fingerprint density at radius 1 is 0.244 bits per heavy atom. The molecule has 23 rings (SSSR count). The lowest BCUT2D eigenvalue weighted by atomic mass is 9.33. The standard InChI is InChI=1S/C66H50BNO.C55H45BN2/c1-39-33-41(3)64(42(4)34-39)67(65-43(5)35-40(2)36-44(65)6)49-28-25-46-37-48(24-23-47(46)38-49)51-30-31-56-52-17-10-11-19-54(52)63-58(32-27-45-26-29-55(51)62(56)61(45)63)68(50-15-8-7-9-16-50)59-21-14-20-57-53-18-12-13-22-60(53)69-66(57)59;1-34-29-36(3)54(37(4)30-34)56(55-38(5)31-35(2)32-39(55)6)49-27-26-46-44-19-13-14-20-45(44)53-48(25-22-40-21-24-47(49)52(46)51(40)53)50-28-23-43(33-57-50)58(41-15-9-7-10-16-41)42-17-11-8-12-18-42/h7-38H,1-6H3;7-33H,1-6H3. The minimum Gasteiger partial charge on any atom is -0.454 e. The van der Waals surface area contributed by atoms with Crippen molar-refractivity contribution in [1.82, 2.24) is 4.98 Å². The smallest absolute Gasteiger partial charge is 0.243 e. The Kier molecular flexibility index (Phi) is 19.2. The zero-order chi connectivity index (χ0) is 86.3. The molecule has 6 heteroatoms. The third-order valence-corrected chi connectivity index (χ3v) is 27.4. The maximum atomic E-state index is 6.76. The molecule has 0 spiro atoms. The first kappa shape index (κ1) is 78.2. The van der Waals surface area contributed by atoms with Gasteiger partial charge >= 0.3 is 0 Å². The number of fused-ring (bicyclic) bond motifs is 10. The van der Waals surface area contributed by atoms with Gasteiger partial charge in [0, 0.05) is 49.6 Å². The zero-order valence-electron chi connectivity index (χ0n) is 74.0. The van der Waals surface area contributed by atoms with Crippen molar-refractivity contribution in [1.29, 1.82) is 0 Å². The van der Waals surface area contributed by atoms with E-state index in [1.54, 1.807) is 0 Å². The van der Waals surface area contributed by atoms with Crippen LogP contribution in [0.1, 0.15) is 66.8 Å². The van der Waals surface area contributed by atoms with E-state index in [0.717, 1.165) is 67.3 Å². The Balaban J connectivity index is 0.000000152. The molecule has 0 unspecified atom stereocenters. The molecule has 0 radical (unpaired) electrons. The molecule has 23 aromatic rings. The third-order valence-electron chi connectivity index (χ3n) is 27.4. The first-order valence-corrected chi connectivity index (χ1v) is 44.7. The van der Waals surface area contributed by atoms with Crippen LogP contribution >= 0.6 is 0 Å². The molecule has 0 bridgehead atoms. The Morgan fingerprint density at radius 2 is 0.661 bits per heavy atom. The van der Waals surface area contributed by atoms with Gasteiger partial charge in [-0.1, -0.05) is 379 Å². The average Bonchev–Trinajstić information content (AvgIpc) is 0.975. The van der Waals surface area contributed by atoms with Gasteiger partial charge in [0.1, 0.15) is 5.58 Å². The van der Waals surface area contributed by atoms with Crippen LogP contribution in [-0.4, -0.2) is 18.4 Å². The van der Waals surface area contributed by atoms with Crippen molar-refractivity contribution in [2.24, 2.45) is 0 Å². The van der Waals surface area contributed by atoms with E-state index in [-0.39, 0.29) is 13.4 Å². The maximum absolute atomic E-state index is 6.76. The van der Waals surface area contributed by atoms with E-state index in [9.17, 15) is 0 Å². The number of pyridine rings is 1. The lowest BCUT2D eigenvalue weighted by Gasteiger charge is -2.28. The van der Waals surface area contributed by atoms with E-state index < -0.39 is 0 Å². The molecule has 2 aromatic heterocycles. The minimum atomic E-state index is 0.0721. The summed E-state index contributed by atoms with van der Waals surface area (Å²) in [5.74, 6) is 0.